The van der Waals surface area contributed by atoms with Gasteiger partial charge in [0.05, 0.1) is 7.11 Å². The van der Waals surface area contributed by atoms with Gasteiger partial charge in [-0.1, -0.05) is 35.9 Å². The lowest BCUT2D eigenvalue weighted by atomic mass is 9.99. The third-order valence-corrected chi connectivity index (χ3v) is 4.74. The molecule has 1 aliphatic heterocycles. The summed E-state index contributed by atoms with van der Waals surface area (Å²) in [5.74, 6) is 0.924. The third kappa shape index (κ3) is 3.63. The monoisotopic (exact) mass is 315 g/mol. The molecule has 0 saturated heterocycles. The Hall–Kier alpha value is -1.51. The molecular weight excluding hydrogens is 294 g/mol. The van der Waals surface area contributed by atoms with Crippen molar-refractivity contribution in [1.29, 1.82) is 0 Å². The van der Waals surface area contributed by atoms with Crippen LogP contribution in [0.5, 0.6) is 5.75 Å². The Morgan fingerprint density at radius 3 is 2.73 bits per heavy atom. The minimum atomic E-state index is 0.924. The molecule has 0 spiro atoms. The van der Waals surface area contributed by atoms with Gasteiger partial charge >= 0.3 is 0 Å². The Morgan fingerprint density at radius 1 is 1.14 bits per heavy atom. The highest BCUT2D eigenvalue weighted by molar-refractivity contribution is 6.31. The minimum Gasteiger partial charge on any atom is -0.497 e. The van der Waals surface area contributed by atoms with Crippen molar-refractivity contribution >= 4 is 11.6 Å². The largest absolute Gasteiger partial charge is 0.497 e. The summed E-state index contributed by atoms with van der Waals surface area (Å²) in [6.45, 7) is 3.27. The summed E-state index contributed by atoms with van der Waals surface area (Å²) in [7, 11) is 1.70. The first-order chi connectivity index (χ1) is 10.8. The van der Waals surface area contributed by atoms with Gasteiger partial charge in [-0.3, -0.25) is 4.90 Å². The van der Waals surface area contributed by atoms with E-state index in [-0.39, 0.29) is 0 Å². The number of rotatable bonds is 5. The molecule has 3 heteroatoms. The highest BCUT2D eigenvalue weighted by Crippen LogP contribution is 2.26. The second-order valence-electron chi connectivity index (χ2n) is 5.86. The molecular formula is C19H22ClNO. The van der Waals surface area contributed by atoms with E-state index >= 15 is 0 Å². The first-order valence-corrected chi connectivity index (χ1v) is 8.25. The average molecular weight is 316 g/mol. The molecule has 0 fully saturated rings. The average Bonchev–Trinajstić information content (AvgIpc) is 2.56. The van der Waals surface area contributed by atoms with Crippen LogP contribution in [-0.2, 0) is 19.4 Å². The summed E-state index contributed by atoms with van der Waals surface area (Å²) in [6, 6.07) is 14.6. The first kappa shape index (κ1) is 15.4. The van der Waals surface area contributed by atoms with E-state index in [4.69, 9.17) is 16.3 Å². The van der Waals surface area contributed by atoms with Crippen LogP contribution in [0.2, 0.25) is 5.02 Å². The lowest BCUT2D eigenvalue weighted by molar-refractivity contribution is 0.251. The quantitative estimate of drug-likeness (QED) is 0.814. The number of nitrogens with zero attached hydrogens (tertiary/aromatic N) is 1. The molecule has 0 amide bonds. The van der Waals surface area contributed by atoms with Crippen LogP contribution in [0.4, 0.5) is 0 Å². The summed E-state index contributed by atoms with van der Waals surface area (Å²) >= 11 is 6.27. The Morgan fingerprint density at radius 2 is 1.95 bits per heavy atom. The van der Waals surface area contributed by atoms with Crippen LogP contribution < -0.4 is 4.74 Å². The molecule has 3 rings (SSSR count). The summed E-state index contributed by atoms with van der Waals surface area (Å²) in [6.07, 6.45) is 3.36. The molecule has 0 N–H and O–H groups in total. The standard InChI is InChI=1S/C19H22ClNO/c1-22-17-9-7-15(8-10-17)4-3-12-21-13-11-18-16(14-21)5-2-6-19(18)20/h2,5-10H,3-4,11-14H2,1H3. The fourth-order valence-corrected chi connectivity index (χ4v) is 3.40. The fraction of sp³-hybridized carbons (Fsp3) is 0.368. The number of fused-ring (bicyclic) bond motifs is 1. The number of ether oxygens (including phenoxy) is 1. The van der Waals surface area contributed by atoms with Crippen molar-refractivity contribution < 1.29 is 4.74 Å². The molecule has 2 aromatic carbocycles. The molecule has 2 nitrogen and oxygen atoms in total. The maximum atomic E-state index is 6.27. The van der Waals surface area contributed by atoms with Gasteiger partial charge in [0.25, 0.3) is 0 Å². The van der Waals surface area contributed by atoms with Crippen molar-refractivity contribution in [1.82, 2.24) is 4.90 Å². The lowest BCUT2D eigenvalue weighted by Gasteiger charge is -2.29. The van der Waals surface area contributed by atoms with Crippen LogP contribution in [0.1, 0.15) is 23.1 Å². The van der Waals surface area contributed by atoms with E-state index < -0.39 is 0 Å². The Kier molecular flexibility index (Phi) is 5.01. The zero-order valence-electron chi connectivity index (χ0n) is 13.0. The lowest BCUT2D eigenvalue weighted by Crippen LogP contribution is -2.31. The molecule has 1 heterocycles. The van der Waals surface area contributed by atoms with Crippen LogP contribution in [0.15, 0.2) is 42.5 Å². The van der Waals surface area contributed by atoms with Gasteiger partial charge < -0.3 is 4.74 Å². The van der Waals surface area contributed by atoms with E-state index in [0.717, 1.165) is 43.2 Å². The Labute approximate surface area is 137 Å². The van der Waals surface area contributed by atoms with Gasteiger partial charge in [0.15, 0.2) is 0 Å². The topological polar surface area (TPSA) is 12.5 Å². The summed E-state index contributed by atoms with van der Waals surface area (Å²) in [4.78, 5) is 2.53. The number of halogens is 1. The van der Waals surface area contributed by atoms with E-state index in [1.165, 1.54) is 23.1 Å². The molecule has 2 aromatic rings. The highest BCUT2D eigenvalue weighted by Gasteiger charge is 2.17. The summed E-state index contributed by atoms with van der Waals surface area (Å²) < 4.78 is 5.19. The van der Waals surface area contributed by atoms with Gasteiger partial charge in [-0.15, -0.1) is 0 Å². The zero-order chi connectivity index (χ0) is 15.4. The third-order valence-electron chi connectivity index (χ3n) is 4.39. The van der Waals surface area contributed by atoms with Crippen molar-refractivity contribution in [2.24, 2.45) is 0 Å². The van der Waals surface area contributed by atoms with Crippen molar-refractivity contribution in [3.63, 3.8) is 0 Å². The Balaban J connectivity index is 1.50. The van der Waals surface area contributed by atoms with Gasteiger partial charge in [0.1, 0.15) is 5.75 Å². The molecule has 0 bridgehead atoms. The van der Waals surface area contributed by atoms with Gasteiger partial charge in [-0.25, -0.2) is 0 Å². The maximum absolute atomic E-state index is 6.27. The molecule has 0 aromatic heterocycles. The number of methoxy groups -OCH3 is 1. The smallest absolute Gasteiger partial charge is 0.118 e. The van der Waals surface area contributed by atoms with E-state index in [1.54, 1.807) is 7.11 Å². The van der Waals surface area contributed by atoms with E-state index in [9.17, 15) is 0 Å². The molecule has 116 valence electrons. The van der Waals surface area contributed by atoms with Crippen LogP contribution in [0, 0.1) is 0 Å². The second-order valence-corrected chi connectivity index (χ2v) is 6.26. The van der Waals surface area contributed by atoms with Crippen molar-refractivity contribution in [2.75, 3.05) is 20.2 Å². The van der Waals surface area contributed by atoms with Crippen LogP contribution >= 0.6 is 11.6 Å². The number of hydrogen-bond acceptors (Lipinski definition) is 2. The molecule has 22 heavy (non-hydrogen) atoms. The van der Waals surface area contributed by atoms with Gasteiger partial charge in [-0.05, 0) is 60.7 Å². The van der Waals surface area contributed by atoms with Crippen LogP contribution in [0.3, 0.4) is 0 Å². The molecule has 1 aliphatic rings. The molecule has 0 unspecified atom stereocenters. The highest BCUT2D eigenvalue weighted by atomic mass is 35.5. The van der Waals surface area contributed by atoms with Crippen molar-refractivity contribution in [3.8, 4) is 5.75 Å². The molecule has 0 aliphatic carbocycles. The number of benzene rings is 2. The predicted octanol–water partition coefficient (Wildman–Crippen LogP) is 4.34. The van der Waals surface area contributed by atoms with Gasteiger partial charge in [0, 0.05) is 18.1 Å². The van der Waals surface area contributed by atoms with E-state index in [2.05, 4.69) is 29.2 Å². The van der Waals surface area contributed by atoms with Crippen LogP contribution in [-0.4, -0.2) is 25.1 Å². The SMILES string of the molecule is COc1ccc(CCCN2CCc3c(Cl)cccc3C2)cc1. The maximum Gasteiger partial charge on any atom is 0.118 e. The first-order valence-electron chi connectivity index (χ1n) is 7.88. The van der Waals surface area contributed by atoms with E-state index in [1.807, 2.05) is 18.2 Å². The van der Waals surface area contributed by atoms with Gasteiger partial charge in [0.2, 0.25) is 0 Å². The Bertz CT molecular complexity index is 624. The van der Waals surface area contributed by atoms with Crippen LogP contribution in [0.25, 0.3) is 0 Å². The van der Waals surface area contributed by atoms with Crippen molar-refractivity contribution in [2.45, 2.75) is 25.8 Å². The second kappa shape index (κ2) is 7.17. The number of aryl methyl sites for hydroxylation is 1. The van der Waals surface area contributed by atoms with Gasteiger partial charge in [-0.2, -0.15) is 0 Å². The predicted molar refractivity (Wildman–Crippen MR) is 91.7 cm³/mol. The van der Waals surface area contributed by atoms with Crippen molar-refractivity contribution in [3.05, 3.63) is 64.2 Å². The molecule has 0 radical (unpaired) electrons. The molecule has 0 saturated carbocycles. The minimum absolute atomic E-state index is 0.924. The summed E-state index contributed by atoms with van der Waals surface area (Å²) in [5.41, 5.74) is 4.11. The normalized spacial score (nSPS) is 14.6. The molecule has 0 atom stereocenters. The summed E-state index contributed by atoms with van der Waals surface area (Å²) in [5, 5.41) is 0.926. The zero-order valence-corrected chi connectivity index (χ0v) is 13.8. The van der Waals surface area contributed by atoms with E-state index in [0.29, 0.717) is 0 Å². The fourth-order valence-electron chi connectivity index (χ4n) is 3.11. The number of hydrogen-bond donors (Lipinski definition) is 0.